The maximum absolute atomic E-state index is 12.6. The molecule has 0 bridgehead atoms. The molecule has 0 radical (unpaired) electrons. The summed E-state index contributed by atoms with van der Waals surface area (Å²) in [7, 11) is 0. The van der Waals surface area contributed by atoms with E-state index in [2.05, 4.69) is 15.1 Å². The van der Waals surface area contributed by atoms with Crippen LogP contribution in [0.5, 0.6) is 0 Å². The zero-order valence-electron chi connectivity index (χ0n) is 14.8. The molecule has 0 aromatic carbocycles. The van der Waals surface area contributed by atoms with Crippen LogP contribution in [0.4, 0.5) is 0 Å². The second-order valence-corrected chi connectivity index (χ2v) is 8.51. The van der Waals surface area contributed by atoms with E-state index in [1.165, 1.54) is 44.9 Å². The zero-order valence-corrected chi connectivity index (χ0v) is 14.8. The Bertz CT molecular complexity index is 438. The molecule has 136 valence electrons. The molecule has 2 saturated heterocycles. The summed E-state index contributed by atoms with van der Waals surface area (Å²) < 4.78 is 0. The fourth-order valence-corrected chi connectivity index (χ4v) is 4.87. The van der Waals surface area contributed by atoms with Gasteiger partial charge in [0.25, 0.3) is 0 Å². The van der Waals surface area contributed by atoms with Gasteiger partial charge < -0.3 is 10.4 Å². The molecular weight excluding hydrogens is 302 g/mol. The molecule has 4 aliphatic rings. The van der Waals surface area contributed by atoms with Crippen LogP contribution in [0.25, 0.3) is 0 Å². The number of carbonyl (C=O) groups excluding carboxylic acids is 1. The fourth-order valence-electron chi connectivity index (χ4n) is 4.87. The molecule has 0 spiro atoms. The molecule has 5 nitrogen and oxygen atoms in total. The number of aliphatic hydroxyl groups excluding tert-OH is 1. The Morgan fingerprint density at radius 2 is 1.58 bits per heavy atom. The minimum Gasteiger partial charge on any atom is -0.395 e. The van der Waals surface area contributed by atoms with E-state index in [0.717, 1.165) is 37.9 Å². The monoisotopic (exact) mass is 335 g/mol. The van der Waals surface area contributed by atoms with Gasteiger partial charge in [-0.25, -0.2) is 0 Å². The number of amides is 1. The SMILES string of the molecule is O=C(CN1CCCC1CN1CCCC1CO)NC(C1CC1)C1CC1. The third-order valence-electron chi connectivity index (χ3n) is 6.59. The Hall–Kier alpha value is -0.650. The van der Waals surface area contributed by atoms with Crippen LogP contribution >= 0.6 is 0 Å². The molecule has 2 aliphatic carbocycles. The van der Waals surface area contributed by atoms with Gasteiger partial charge in [-0.3, -0.25) is 14.6 Å². The first-order valence-corrected chi connectivity index (χ1v) is 10.1. The quantitative estimate of drug-likeness (QED) is 0.700. The molecule has 4 fully saturated rings. The van der Waals surface area contributed by atoms with Crippen molar-refractivity contribution < 1.29 is 9.90 Å². The molecule has 4 rings (SSSR count). The van der Waals surface area contributed by atoms with Gasteiger partial charge >= 0.3 is 0 Å². The highest BCUT2D eigenvalue weighted by Crippen LogP contribution is 2.44. The number of likely N-dealkylation sites (tertiary alicyclic amines) is 2. The first kappa shape index (κ1) is 16.8. The molecule has 2 N–H and O–H groups in total. The number of nitrogens with one attached hydrogen (secondary N) is 1. The third-order valence-corrected chi connectivity index (χ3v) is 6.59. The van der Waals surface area contributed by atoms with E-state index in [1.54, 1.807) is 0 Å². The summed E-state index contributed by atoms with van der Waals surface area (Å²) in [5.41, 5.74) is 0. The van der Waals surface area contributed by atoms with E-state index < -0.39 is 0 Å². The average molecular weight is 335 g/mol. The van der Waals surface area contributed by atoms with Crippen LogP contribution in [-0.2, 0) is 4.79 Å². The number of rotatable bonds is 8. The van der Waals surface area contributed by atoms with Gasteiger partial charge in [0.05, 0.1) is 13.2 Å². The minimum atomic E-state index is 0.242. The average Bonchev–Trinajstić information content (AvgIpc) is 3.50. The van der Waals surface area contributed by atoms with Crippen molar-refractivity contribution in [3.05, 3.63) is 0 Å². The standard InChI is InChI=1S/C19H33N3O2/c23-13-17-4-2-9-21(17)11-16-3-1-10-22(16)12-18(24)20-19(14-5-6-14)15-7-8-15/h14-17,19,23H,1-13H2,(H,20,24). The van der Waals surface area contributed by atoms with Crippen LogP contribution < -0.4 is 5.32 Å². The van der Waals surface area contributed by atoms with Crippen LogP contribution in [0.15, 0.2) is 0 Å². The number of hydrogen-bond donors (Lipinski definition) is 2. The van der Waals surface area contributed by atoms with E-state index in [0.29, 0.717) is 24.7 Å². The molecular formula is C19H33N3O2. The lowest BCUT2D eigenvalue weighted by Gasteiger charge is -2.31. The summed E-state index contributed by atoms with van der Waals surface area (Å²) in [4.78, 5) is 17.4. The van der Waals surface area contributed by atoms with E-state index in [-0.39, 0.29) is 12.5 Å². The van der Waals surface area contributed by atoms with Crippen molar-refractivity contribution in [2.45, 2.75) is 69.5 Å². The topological polar surface area (TPSA) is 55.8 Å². The van der Waals surface area contributed by atoms with E-state index in [1.807, 2.05) is 0 Å². The molecule has 2 atom stereocenters. The van der Waals surface area contributed by atoms with Crippen LogP contribution in [0.3, 0.4) is 0 Å². The number of carbonyl (C=O) groups is 1. The highest BCUT2D eigenvalue weighted by atomic mass is 16.3. The van der Waals surface area contributed by atoms with E-state index in [9.17, 15) is 9.90 Å². The Labute approximate surface area is 145 Å². The van der Waals surface area contributed by atoms with Crippen molar-refractivity contribution in [1.29, 1.82) is 0 Å². The van der Waals surface area contributed by atoms with Gasteiger partial charge in [-0.2, -0.15) is 0 Å². The van der Waals surface area contributed by atoms with Crippen molar-refractivity contribution in [3.8, 4) is 0 Å². The second-order valence-electron chi connectivity index (χ2n) is 8.51. The third kappa shape index (κ3) is 3.94. The fraction of sp³-hybridized carbons (Fsp3) is 0.947. The van der Waals surface area contributed by atoms with E-state index in [4.69, 9.17) is 0 Å². The van der Waals surface area contributed by atoms with Crippen molar-refractivity contribution in [2.75, 3.05) is 32.8 Å². The Morgan fingerprint density at radius 3 is 2.21 bits per heavy atom. The molecule has 5 heteroatoms. The first-order chi connectivity index (χ1) is 11.7. The Morgan fingerprint density at radius 1 is 0.958 bits per heavy atom. The number of hydrogen-bond acceptors (Lipinski definition) is 4. The van der Waals surface area contributed by atoms with Gasteiger partial charge in [-0.05, 0) is 76.3 Å². The van der Waals surface area contributed by atoms with Crippen molar-refractivity contribution >= 4 is 5.91 Å². The lowest BCUT2D eigenvalue weighted by atomic mass is 10.1. The van der Waals surface area contributed by atoms with Crippen LogP contribution in [0.1, 0.15) is 51.4 Å². The minimum absolute atomic E-state index is 0.242. The molecule has 1 amide bonds. The molecule has 24 heavy (non-hydrogen) atoms. The largest absolute Gasteiger partial charge is 0.395 e. The number of aliphatic hydroxyl groups is 1. The Kier molecular flexibility index (Phi) is 5.11. The van der Waals surface area contributed by atoms with Crippen LogP contribution in [-0.4, -0.2) is 71.7 Å². The maximum Gasteiger partial charge on any atom is 0.234 e. The normalized spacial score (nSPS) is 31.9. The predicted molar refractivity (Wildman–Crippen MR) is 93.7 cm³/mol. The molecule has 2 aliphatic heterocycles. The molecule has 2 saturated carbocycles. The summed E-state index contributed by atoms with van der Waals surface area (Å²) in [5, 5.41) is 12.9. The lowest BCUT2D eigenvalue weighted by molar-refractivity contribution is -0.123. The summed E-state index contributed by atoms with van der Waals surface area (Å²) >= 11 is 0. The highest BCUT2D eigenvalue weighted by Gasteiger charge is 2.42. The van der Waals surface area contributed by atoms with Gasteiger partial charge in [-0.1, -0.05) is 0 Å². The lowest BCUT2D eigenvalue weighted by Crippen LogP contribution is -2.48. The summed E-state index contributed by atoms with van der Waals surface area (Å²) in [6, 6.07) is 1.30. The van der Waals surface area contributed by atoms with Crippen molar-refractivity contribution in [2.24, 2.45) is 11.8 Å². The summed E-state index contributed by atoms with van der Waals surface area (Å²) in [6.45, 7) is 4.02. The first-order valence-electron chi connectivity index (χ1n) is 10.1. The van der Waals surface area contributed by atoms with Gasteiger partial charge in [0.15, 0.2) is 0 Å². The van der Waals surface area contributed by atoms with Gasteiger partial charge in [0, 0.05) is 24.7 Å². The molecule has 2 heterocycles. The Balaban J connectivity index is 1.27. The van der Waals surface area contributed by atoms with Crippen LogP contribution in [0.2, 0.25) is 0 Å². The van der Waals surface area contributed by atoms with Gasteiger partial charge in [0.1, 0.15) is 0 Å². The summed E-state index contributed by atoms with van der Waals surface area (Å²) in [5.74, 6) is 1.78. The van der Waals surface area contributed by atoms with Crippen molar-refractivity contribution in [3.63, 3.8) is 0 Å². The summed E-state index contributed by atoms with van der Waals surface area (Å²) in [6.07, 6.45) is 9.95. The maximum atomic E-state index is 12.6. The second kappa shape index (κ2) is 7.30. The number of nitrogens with zero attached hydrogens (tertiary/aromatic N) is 2. The smallest absolute Gasteiger partial charge is 0.234 e. The molecule has 0 aromatic heterocycles. The molecule has 0 aromatic rings. The van der Waals surface area contributed by atoms with Gasteiger partial charge in [-0.15, -0.1) is 0 Å². The zero-order chi connectivity index (χ0) is 16.5. The van der Waals surface area contributed by atoms with Crippen molar-refractivity contribution in [1.82, 2.24) is 15.1 Å². The van der Waals surface area contributed by atoms with Gasteiger partial charge in [0.2, 0.25) is 5.91 Å². The van der Waals surface area contributed by atoms with Crippen LogP contribution in [0, 0.1) is 11.8 Å². The molecule has 2 unspecified atom stereocenters. The van der Waals surface area contributed by atoms with E-state index >= 15 is 0 Å². The highest BCUT2D eigenvalue weighted by molar-refractivity contribution is 5.78. The predicted octanol–water partition coefficient (Wildman–Crippen LogP) is 1.21.